The highest BCUT2D eigenvalue weighted by molar-refractivity contribution is 6.32. The van der Waals surface area contributed by atoms with E-state index in [4.69, 9.17) is 15.0 Å². The highest BCUT2D eigenvalue weighted by Gasteiger charge is 2.42. The predicted octanol–water partition coefficient (Wildman–Crippen LogP) is 11.8. The maximum absolute atomic E-state index is 9.57. The van der Waals surface area contributed by atoms with Crippen LogP contribution in [0.2, 0.25) is 0 Å². The van der Waals surface area contributed by atoms with Crippen LogP contribution in [-0.2, 0) is 5.41 Å². The Balaban J connectivity index is 1.37. The lowest BCUT2D eigenvalue weighted by Gasteiger charge is -2.24. The van der Waals surface area contributed by atoms with E-state index in [1.165, 1.54) is 55.1 Å². The van der Waals surface area contributed by atoms with Crippen LogP contribution in [0, 0.1) is 11.3 Å². The van der Waals surface area contributed by atoms with Gasteiger partial charge in [-0.1, -0.05) is 117 Å². The van der Waals surface area contributed by atoms with Crippen molar-refractivity contribution in [1.29, 1.82) is 5.26 Å². The standard InChI is InChI=1S/C49H34N6/c1-49(2)37-22-12-9-19-34(37)40-41-35-20-10-13-23-38(35)54(33-17-7-4-8-18-33)44(41)42-36-21-11-14-24-39(36)55(45(42)43(40)49)48-52-46(31-15-5-3-6-16-31)51-47(53-48)32-27-25-30(29-50)26-28-32/h3,5-7,9-28H,4,8H2,1-2H3. The fourth-order valence-electron chi connectivity index (χ4n) is 9.19. The summed E-state index contributed by atoms with van der Waals surface area (Å²) in [7, 11) is 0. The summed E-state index contributed by atoms with van der Waals surface area (Å²) in [5.74, 6) is 1.68. The van der Waals surface area contributed by atoms with Gasteiger partial charge in [0.2, 0.25) is 5.95 Å². The topological polar surface area (TPSA) is 72.3 Å². The van der Waals surface area contributed by atoms with Crippen LogP contribution in [0.5, 0.6) is 0 Å². The number of aromatic nitrogens is 5. The molecular formula is C49H34N6. The Bertz CT molecular complexity index is 3170. The van der Waals surface area contributed by atoms with Gasteiger partial charge in [0.1, 0.15) is 0 Å². The maximum Gasteiger partial charge on any atom is 0.238 e. The first-order valence-corrected chi connectivity index (χ1v) is 18.8. The van der Waals surface area contributed by atoms with Gasteiger partial charge in [-0.15, -0.1) is 0 Å². The molecule has 11 rings (SSSR count). The van der Waals surface area contributed by atoms with Gasteiger partial charge in [0, 0.05) is 43.8 Å². The first-order chi connectivity index (χ1) is 27.0. The van der Waals surface area contributed by atoms with Gasteiger partial charge in [-0.2, -0.15) is 15.2 Å². The third-order valence-electron chi connectivity index (χ3n) is 11.6. The average molecular weight is 707 g/mol. The van der Waals surface area contributed by atoms with E-state index in [0.717, 1.165) is 40.4 Å². The van der Waals surface area contributed by atoms with Gasteiger partial charge in [-0.25, -0.2) is 4.98 Å². The van der Waals surface area contributed by atoms with Crippen molar-refractivity contribution in [3.63, 3.8) is 0 Å². The van der Waals surface area contributed by atoms with Gasteiger partial charge in [0.05, 0.1) is 33.7 Å². The summed E-state index contributed by atoms with van der Waals surface area (Å²) in [6.45, 7) is 4.73. The van der Waals surface area contributed by atoms with Gasteiger partial charge in [0.25, 0.3) is 0 Å². The molecule has 0 N–H and O–H groups in total. The number of nitriles is 1. The molecule has 0 bridgehead atoms. The van der Waals surface area contributed by atoms with Gasteiger partial charge in [-0.05, 0) is 77.6 Å². The Kier molecular flexibility index (Phi) is 6.69. The van der Waals surface area contributed by atoms with Gasteiger partial charge >= 0.3 is 0 Å². The van der Waals surface area contributed by atoms with Crippen LogP contribution in [-0.4, -0.2) is 24.1 Å². The van der Waals surface area contributed by atoms with Crippen molar-refractivity contribution in [3.05, 3.63) is 162 Å². The third-order valence-corrected chi connectivity index (χ3v) is 11.6. The molecule has 3 aromatic heterocycles. The van der Waals surface area contributed by atoms with Crippen molar-refractivity contribution in [2.24, 2.45) is 0 Å². The highest BCUT2D eigenvalue weighted by atomic mass is 15.2. The number of hydrogen-bond donors (Lipinski definition) is 0. The molecule has 2 aliphatic rings. The van der Waals surface area contributed by atoms with E-state index in [-0.39, 0.29) is 5.41 Å². The summed E-state index contributed by atoms with van der Waals surface area (Å²) in [5, 5.41) is 14.4. The summed E-state index contributed by atoms with van der Waals surface area (Å²) in [6.07, 6.45) is 8.99. The molecule has 0 aliphatic heterocycles. The fourth-order valence-corrected chi connectivity index (χ4v) is 9.19. The summed E-state index contributed by atoms with van der Waals surface area (Å²) in [6, 6.07) is 46.3. The Morgan fingerprint density at radius 2 is 1.25 bits per heavy atom. The van der Waals surface area contributed by atoms with E-state index in [2.05, 4.69) is 120 Å². The summed E-state index contributed by atoms with van der Waals surface area (Å²) in [5.41, 5.74) is 12.8. The molecule has 55 heavy (non-hydrogen) atoms. The Labute approximate surface area is 318 Å². The second kappa shape index (κ2) is 11.7. The summed E-state index contributed by atoms with van der Waals surface area (Å²) in [4.78, 5) is 15.7. The average Bonchev–Trinajstić information content (AvgIpc) is 3.85. The smallest absolute Gasteiger partial charge is 0.238 e. The van der Waals surface area contributed by atoms with Crippen LogP contribution >= 0.6 is 0 Å². The number of rotatable bonds is 4. The van der Waals surface area contributed by atoms with Crippen molar-refractivity contribution >= 4 is 49.3 Å². The van der Waals surface area contributed by atoms with E-state index in [1.807, 2.05) is 54.6 Å². The van der Waals surface area contributed by atoms with Gasteiger partial charge < -0.3 is 4.57 Å². The largest absolute Gasteiger partial charge is 0.309 e. The van der Waals surface area contributed by atoms with Crippen molar-refractivity contribution < 1.29 is 0 Å². The fraction of sp³-hybridized carbons (Fsp3) is 0.102. The summed E-state index contributed by atoms with van der Waals surface area (Å²) < 4.78 is 4.80. The molecule has 0 amide bonds. The lowest BCUT2D eigenvalue weighted by Crippen LogP contribution is -2.17. The second-order valence-corrected chi connectivity index (χ2v) is 15.0. The van der Waals surface area contributed by atoms with Crippen LogP contribution in [0.4, 0.5) is 0 Å². The predicted molar refractivity (Wildman–Crippen MR) is 223 cm³/mol. The minimum atomic E-state index is -0.344. The zero-order valence-electron chi connectivity index (χ0n) is 30.5. The Hall–Kier alpha value is -7.10. The molecule has 0 saturated heterocycles. The van der Waals surface area contributed by atoms with E-state index < -0.39 is 0 Å². The van der Waals surface area contributed by atoms with Crippen molar-refractivity contribution in [1.82, 2.24) is 24.1 Å². The second-order valence-electron chi connectivity index (χ2n) is 15.0. The van der Waals surface area contributed by atoms with Crippen molar-refractivity contribution in [2.75, 3.05) is 0 Å². The molecule has 2 aliphatic carbocycles. The Morgan fingerprint density at radius 1 is 0.618 bits per heavy atom. The molecule has 6 aromatic carbocycles. The van der Waals surface area contributed by atoms with Crippen LogP contribution in [0.1, 0.15) is 43.4 Å². The quantitative estimate of drug-likeness (QED) is 0.183. The molecule has 260 valence electrons. The number of allylic oxidation sites excluding steroid dienone is 4. The minimum absolute atomic E-state index is 0.344. The minimum Gasteiger partial charge on any atom is -0.309 e. The SMILES string of the molecule is CC1(C)c2ccccc2-c2c1c1c(c3ccccc3n1-c1nc(-c3ccccc3)nc(-c3ccc(C#N)cc3)n1)c1c2c2ccccc2n1C1=CCCC=C1. The van der Waals surface area contributed by atoms with E-state index in [9.17, 15) is 5.26 Å². The molecular weight excluding hydrogens is 673 g/mol. The Morgan fingerprint density at radius 3 is 1.96 bits per heavy atom. The molecule has 3 heterocycles. The van der Waals surface area contributed by atoms with E-state index >= 15 is 0 Å². The van der Waals surface area contributed by atoms with E-state index in [0.29, 0.717) is 23.2 Å². The lowest BCUT2D eigenvalue weighted by atomic mass is 9.81. The maximum atomic E-state index is 9.57. The van der Waals surface area contributed by atoms with Crippen LogP contribution in [0.3, 0.4) is 0 Å². The van der Waals surface area contributed by atoms with E-state index in [1.54, 1.807) is 0 Å². The number of benzene rings is 6. The highest BCUT2D eigenvalue weighted by Crippen LogP contribution is 2.58. The molecule has 0 saturated carbocycles. The van der Waals surface area contributed by atoms with Crippen molar-refractivity contribution in [3.8, 4) is 45.9 Å². The molecule has 0 fully saturated rings. The van der Waals surface area contributed by atoms with Crippen LogP contribution < -0.4 is 0 Å². The number of fused-ring (bicyclic) bond motifs is 12. The first kappa shape index (κ1) is 31.4. The molecule has 9 aromatic rings. The van der Waals surface area contributed by atoms with Crippen LogP contribution in [0.15, 0.2) is 146 Å². The van der Waals surface area contributed by atoms with Crippen molar-refractivity contribution in [2.45, 2.75) is 32.1 Å². The molecule has 0 spiro atoms. The first-order valence-electron chi connectivity index (χ1n) is 18.8. The third kappa shape index (κ3) is 4.44. The monoisotopic (exact) mass is 706 g/mol. The summed E-state index contributed by atoms with van der Waals surface area (Å²) >= 11 is 0. The molecule has 0 radical (unpaired) electrons. The van der Waals surface area contributed by atoms with Crippen LogP contribution in [0.25, 0.3) is 89.2 Å². The number of para-hydroxylation sites is 2. The number of hydrogen-bond acceptors (Lipinski definition) is 4. The molecule has 6 nitrogen and oxygen atoms in total. The molecule has 6 heteroatoms. The number of nitrogens with zero attached hydrogens (tertiary/aromatic N) is 6. The molecule has 0 unspecified atom stereocenters. The normalized spacial score (nSPS) is 14.4. The van der Waals surface area contributed by atoms with Gasteiger partial charge in [-0.3, -0.25) is 4.57 Å². The van der Waals surface area contributed by atoms with Gasteiger partial charge in [0.15, 0.2) is 11.6 Å². The zero-order valence-corrected chi connectivity index (χ0v) is 30.5. The lowest BCUT2D eigenvalue weighted by molar-refractivity contribution is 0.663. The zero-order chi connectivity index (χ0) is 36.8. The molecule has 0 atom stereocenters.